The fourth-order valence-electron chi connectivity index (χ4n) is 3.41. The van der Waals surface area contributed by atoms with Crippen molar-refractivity contribution in [3.63, 3.8) is 0 Å². The van der Waals surface area contributed by atoms with Crippen LogP contribution >= 0.6 is 0 Å². The summed E-state index contributed by atoms with van der Waals surface area (Å²) in [5.41, 5.74) is 6.92. The van der Waals surface area contributed by atoms with E-state index in [0.717, 1.165) is 37.4 Å². The molecule has 1 aliphatic heterocycles. The monoisotopic (exact) mass is 390 g/mol. The third-order valence-electron chi connectivity index (χ3n) is 4.90. The lowest BCUT2D eigenvalue weighted by atomic mass is 10.1. The molecule has 1 aliphatic rings. The van der Waals surface area contributed by atoms with Crippen LogP contribution in [0.5, 0.6) is 0 Å². The van der Waals surface area contributed by atoms with Gasteiger partial charge < -0.3 is 16.0 Å². The zero-order valence-corrected chi connectivity index (χ0v) is 15.9. The molecular weight excluding hydrogens is 368 g/mol. The van der Waals surface area contributed by atoms with Crippen LogP contribution in [0.3, 0.4) is 0 Å². The van der Waals surface area contributed by atoms with Gasteiger partial charge in [-0.15, -0.1) is 0 Å². The number of anilines is 3. The first-order valence-electron chi connectivity index (χ1n) is 9.59. The van der Waals surface area contributed by atoms with Gasteiger partial charge in [0.15, 0.2) is 11.5 Å². The van der Waals surface area contributed by atoms with Crippen LogP contribution in [0.1, 0.15) is 29.8 Å². The summed E-state index contributed by atoms with van der Waals surface area (Å²) in [4.78, 5) is 34.8. The Hall–Kier alpha value is -3.68. The van der Waals surface area contributed by atoms with E-state index in [1.165, 1.54) is 12.5 Å². The summed E-state index contributed by atoms with van der Waals surface area (Å²) in [6.07, 6.45) is 6.75. The van der Waals surface area contributed by atoms with Crippen LogP contribution < -0.4 is 21.5 Å². The SMILES string of the molecule is NC(=O)c1ncc(N2CCCCC2)nc1Nc1ccc(-n2ccccc2=O)cc1. The lowest BCUT2D eigenvalue weighted by Gasteiger charge is -2.27. The van der Waals surface area contributed by atoms with Crippen molar-refractivity contribution in [2.75, 3.05) is 23.3 Å². The number of carbonyl (C=O) groups is 1. The van der Waals surface area contributed by atoms with Gasteiger partial charge in [0.2, 0.25) is 0 Å². The molecule has 3 N–H and O–H groups in total. The number of rotatable bonds is 5. The molecule has 1 amide bonds. The number of aromatic nitrogens is 3. The highest BCUT2D eigenvalue weighted by atomic mass is 16.1. The molecule has 0 atom stereocenters. The highest BCUT2D eigenvalue weighted by Crippen LogP contribution is 2.23. The van der Waals surface area contributed by atoms with E-state index in [1.807, 2.05) is 24.3 Å². The van der Waals surface area contributed by atoms with E-state index in [-0.39, 0.29) is 11.3 Å². The number of primary amides is 1. The molecule has 1 aromatic carbocycles. The highest BCUT2D eigenvalue weighted by Gasteiger charge is 2.18. The van der Waals surface area contributed by atoms with Gasteiger partial charge in [-0.3, -0.25) is 14.2 Å². The maximum atomic E-state index is 12.0. The van der Waals surface area contributed by atoms with E-state index in [9.17, 15) is 9.59 Å². The zero-order chi connectivity index (χ0) is 20.2. The minimum atomic E-state index is -0.641. The molecule has 29 heavy (non-hydrogen) atoms. The van der Waals surface area contributed by atoms with Crippen molar-refractivity contribution in [1.29, 1.82) is 0 Å². The molecule has 3 aromatic rings. The van der Waals surface area contributed by atoms with Gasteiger partial charge in [-0.2, -0.15) is 0 Å². The standard InChI is InChI=1S/C21H22N6O2/c22-20(29)19-21(25-17(14-23-19)26-11-3-1-4-12-26)24-15-7-9-16(10-8-15)27-13-5-2-6-18(27)28/h2,5-10,13-14H,1,3-4,11-12H2,(H2,22,29)(H,24,25). The summed E-state index contributed by atoms with van der Waals surface area (Å²) >= 11 is 0. The Morgan fingerprint density at radius 2 is 1.79 bits per heavy atom. The van der Waals surface area contributed by atoms with Gasteiger partial charge in [0.1, 0.15) is 5.82 Å². The second-order valence-corrected chi connectivity index (χ2v) is 6.92. The van der Waals surface area contributed by atoms with Gasteiger partial charge >= 0.3 is 0 Å². The minimum absolute atomic E-state index is 0.0918. The fourth-order valence-corrected chi connectivity index (χ4v) is 3.41. The molecule has 2 aromatic heterocycles. The van der Waals surface area contributed by atoms with E-state index >= 15 is 0 Å². The number of pyridine rings is 1. The molecule has 8 heteroatoms. The maximum absolute atomic E-state index is 12.0. The quantitative estimate of drug-likeness (QED) is 0.693. The summed E-state index contributed by atoms with van der Waals surface area (Å²) < 4.78 is 1.55. The number of nitrogens with one attached hydrogen (secondary N) is 1. The van der Waals surface area contributed by atoms with Crippen molar-refractivity contribution in [2.45, 2.75) is 19.3 Å². The second-order valence-electron chi connectivity index (χ2n) is 6.92. The molecule has 148 valence electrons. The number of hydrogen-bond donors (Lipinski definition) is 2. The Morgan fingerprint density at radius 1 is 1.03 bits per heavy atom. The number of piperidine rings is 1. The second kappa shape index (κ2) is 8.14. The van der Waals surface area contributed by atoms with Crippen molar-refractivity contribution in [3.05, 3.63) is 70.9 Å². The Kier molecular flexibility index (Phi) is 5.24. The average molecular weight is 390 g/mol. The number of carbonyl (C=O) groups excluding carboxylic acids is 1. The molecule has 3 heterocycles. The third kappa shape index (κ3) is 4.11. The normalized spacial score (nSPS) is 13.9. The number of nitrogens with zero attached hydrogens (tertiary/aromatic N) is 4. The molecule has 1 saturated heterocycles. The Bertz CT molecular complexity index is 1070. The summed E-state index contributed by atoms with van der Waals surface area (Å²) in [6, 6.07) is 12.3. The van der Waals surface area contributed by atoms with Gasteiger partial charge in [0.05, 0.1) is 6.20 Å². The number of hydrogen-bond acceptors (Lipinski definition) is 6. The Balaban J connectivity index is 1.61. The summed E-state index contributed by atoms with van der Waals surface area (Å²) in [6.45, 7) is 1.84. The zero-order valence-electron chi connectivity index (χ0n) is 15.9. The summed E-state index contributed by atoms with van der Waals surface area (Å²) in [5.74, 6) is 0.410. The van der Waals surface area contributed by atoms with Crippen molar-refractivity contribution >= 4 is 23.2 Å². The lowest BCUT2D eigenvalue weighted by molar-refractivity contribution is 0.0996. The van der Waals surface area contributed by atoms with Crippen LogP contribution in [0.4, 0.5) is 17.3 Å². The Labute approximate surface area is 168 Å². The van der Waals surface area contributed by atoms with E-state index in [2.05, 4.69) is 20.2 Å². The highest BCUT2D eigenvalue weighted by molar-refractivity contribution is 5.96. The van der Waals surface area contributed by atoms with Gasteiger partial charge in [0, 0.05) is 36.7 Å². The first-order valence-corrected chi connectivity index (χ1v) is 9.59. The van der Waals surface area contributed by atoms with E-state index in [4.69, 9.17) is 5.73 Å². The molecule has 0 radical (unpaired) electrons. The molecule has 8 nitrogen and oxygen atoms in total. The van der Waals surface area contributed by atoms with Crippen LogP contribution in [0.2, 0.25) is 0 Å². The van der Waals surface area contributed by atoms with Gasteiger partial charge in [-0.1, -0.05) is 6.07 Å². The number of benzene rings is 1. The fraction of sp³-hybridized carbons (Fsp3) is 0.238. The van der Waals surface area contributed by atoms with Crippen molar-refractivity contribution in [3.8, 4) is 5.69 Å². The predicted molar refractivity (Wildman–Crippen MR) is 112 cm³/mol. The van der Waals surface area contributed by atoms with Crippen LogP contribution in [0.15, 0.2) is 59.7 Å². The molecule has 0 bridgehead atoms. The molecule has 4 rings (SSSR count). The average Bonchev–Trinajstić information content (AvgIpc) is 2.75. The smallest absolute Gasteiger partial charge is 0.271 e. The van der Waals surface area contributed by atoms with E-state index in [1.54, 1.807) is 29.1 Å². The molecule has 0 saturated carbocycles. The first kappa shape index (κ1) is 18.7. The minimum Gasteiger partial charge on any atom is -0.364 e. The summed E-state index contributed by atoms with van der Waals surface area (Å²) in [7, 11) is 0. The molecule has 0 aliphatic carbocycles. The van der Waals surface area contributed by atoms with Crippen LogP contribution in [0, 0.1) is 0 Å². The largest absolute Gasteiger partial charge is 0.364 e. The molecular formula is C21H22N6O2. The third-order valence-corrected chi connectivity index (χ3v) is 4.90. The van der Waals surface area contributed by atoms with Crippen molar-refractivity contribution in [2.24, 2.45) is 5.73 Å². The topological polar surface area (TPSA) is 106 Å². The maximum Gasteiger partial charge on any atom is 0.271 e. The first-order chi connectivity index (χ1) is 14.1. The van der Waals surface area contributed by atoms with Crippen LogP contribution in [-0.4, -0.2) is 33.5 Å². The van der Waals surface area contributed by atoms with Crippen LogP contribution in [-0.2, 0) is 0 Å². The van der Waals surface area contributed by atoms with Gasteiger partial charge in [-0.05, 0) is 49.6 Å². The predicted octanol–water partition coefficient (Wildman–Crippen LogP) is 2.46. The number of amides is 1. The molecule has 1 fully saturated rings. The molecule has 0 spiro atoms. The van der Waals surface area contributed by atoms with E-state index in [0.29, 0.717) is 11.5 Å². The van der Waals surface area contributed by atoms with Gasteiger partial charge in [-0.25, -0.2) is 9.97 Å². The summed E-state index contributed by atoms with van der Waals surface area (Å²) in [5, 5.41) is 3.14. The van der Waals surface area contributed by atoms with Crippen molar-refractivity contribution in [1.82, 2.24) is 14.5 Å². The van der Waals surface area contributed by atoms with Crippen molar-refractivity contribution < 1.29 is 4.79 Å². The van der Waals surface area contributed by atoms with Gasteiger partial charge in [0.25, 0.3) is 11.5 Å². The molecule has 0 unspecified atom stereocenters. The number of nitrogens with two attached hydrogens (primary N) is 1. The van der Waals surface area contributed by atoms with E-state index < -0.39 is 5.91 Å². The van der Waals surface area contributed by atoms with Crippen LogP contribution in [0.25, 0.3) is 5.69 Å². The Morgan fingerprint density at radius 3 is 2.48 bits per heavy atom. The lowest BCUT2D eigenvalue weighted by Crippen LogP contribution is -2.31.